The molecule has 7 heteroatoms. The molecule has 0 bridgehead atoms. The summed E-state index contributed by atoms with van der Waals surface area (Å²) in [6.45, 7) is -0.360. The van der Waals surface area contributed by atoms with Crippen LogP contribution in [0, 0.1) is 0 Å². The predicted molar refractivity (Wildman–Crippen MR) is 75.8 cm³/mol. The van der Waals surface area contributed by atoms with Gasteiger partial charge < -0.3 is 5.11 Å². The quantitative estimate of drug-likeness (QED) is 0.881. The SMILES string of the molecule is O=S(=O)(N[C@H](CO)c1ccccc1)c1cnccc1Cl. The highest BCUT2D eigenvalue weighted by atomic mass is 35.5. The van der Waals surface area contributed by atoms with Crippen molar-refractivity contribution in [2.75, 3.05) is 6.61 Å². The lowest BCUT2D eigenvalue weighted by molar-refractivity contribution is 0.259. The first-order chi connectivity index (χ1) is 9.54. The van der Waals surface area contributed by atoms with Gasteiger partial charge in [-0.15, -0.1) is 0 Å². The van der Waals surface area contributed by atoms with Crippen molar-refractivity contribution in [1.82, 2.24) is 9.71 Å². The maximum atomic E-state index is 12.2. The zero-order valence-electron chi connectivity index (χ0n) is 10.4. The summed E-state index contributed by atoms with van der Waals surface area (Å²) in [6, 6.07) is 9.46. The minimum absolute atomic E-state index is 0.0808. The van der Waals surface area contributed by atoms with E-state index in [4.69, 9.17) is 11.6 Å². The molecule has 1 atom stereocenters. The Balaban J connectivity index is 2.30. The van der Waals surface area contributed by atoms with Crippen LogP contribution < -0.4 is 4.72 Å². The summed E-state index contributed by atoms with van der Waals surface area (Å²) in [4.78, 5) is 3.64. The number of nitrogens with one attached hydrogen (secondary N) is 1. The highest BCUT2D eigenvalue weighted by Crippen LogP contribution is 2.22. The van der Waals surface area contributed by atoms with Crippen molar-refractivity contribution in [3.8, 4) is 0 Å². The molecule has 0 aliphatic carbocycles. The van der Waals surface area contributed by atoms with Crippen molar-refractivity contribution in [2.24, 2.45) is 0 Å². The first kappa shape index (κ1) is 14.9. The predicted octanol–water partition coefficient (Wildman–Crippen LogP) is 1.75. The summed E-state index contributed by atoms with van der Waals surface area (Å²) < 4.78 is 26.9. The van der Waals surface area contributed by atoms with Gasteiger partial charge in [-0.25, -0.2) is 13.1 Å². The second-order valence-corrected chi connectivity index (χ2v) is 6.16. The molecule has 0 amide bonds. The van der Waals surface area contributed by atoms with Gasteiger partial charge in [0.2, 0.25) is 10.0 Å². The van der Waals surface area contributed by atoms with Crippen molar-refractivity contribution in [2.45, 2.75) is 10.9 Å². The summed E-state index contributed by atoms with van der Waals surface area (Å²) in [5.41, 5.74) is 0.665. The average Bonchev–Trinajstić information content (AvgIpc) is 2.46. The topological polar surface area (TPSA) is 79.3 Å². The molecule has 0 aliphatic heterocycles. The molecule has 0 saturated carbocycles. The van der Waals surface area contributed by atoms with Gasteiger partial charge in [0.15, 0.2) is 0 Å². The van der Waals surface area contributed by atoms with E-state index in [-0.39, 0.29) is 16.5 Å². The van der Waals surface area contributed by atoms with Crippen molar-refractivity contribution >= 4 is 21.6 Å². The van der Waals surface area contributed by atoms with E-state index in [0.29, 0.717) is 5.56 Å². The monoisotopic (exact) mass is 312 g/mol. The maximum absolute atomic E-state index is 12.2. The maximum Gasteiger partial charge on any atom is 0.244 e. The van der Waals surface area contributed by atoms with Crippen molar-refractivity contribution in [3.05, 3.63) is 59.4 Å². The van der Waals surface area contributed by atoms with Gasteiger partial charge in [-0.1, -0.05) is 41.9 Å². The van der Waals surface area contributed by atoms with Crippen LogP contribution in [0.15, 0.2) is 53.7 Å². The van der Waals surface area contributed by atoms with Gasteiger partial charge in [0, 0.05) is 12.4 Å². The Kier molecular flexibility index (Phi) is 4.72. The number of halogens is 1. The average molecular weight is 313 g/mol. The molecular formula is C13H13ClN2O3S. The van der Waals surface area contributed by atoms with Crippen molar-refractivity contribution in [1.29, 1.82) is 0 Å². The number of sulfonamides is 1. The molecule has 0 unspecified atom stereocenters. The number of aliphatic hydroxyl groups excluding tert-OH is 1. The molecule has 1 aromatic carbocycles. The molecule has 2 rings (SSSR count). The summed E-state index contributed by atoms with van der Waals surface area (Å²) in [5, 5.41) is 9.46. The van der Waals surface area contributed by atoms with Gasteiger partial charge in [0.05, 0.1) is 17.7 Å². The van der Waals surface area contributed by atoms with E-state index in [1.165, 1.54) is 18.5 Å². The van der Waals surface area contributed by atoms with E-state index in [1.54, 1.807) is 24.3 Å². The molecule has 5 nitrogen and oxygen atoms in total. The van der Waals surface area contributed by atoms with Crippen LogP contribution in [0.3, 0.4) is 0 Å². The second-order valence-electron chi connectivity index (χ2n) is 4.07. The first-order valence-electron chi connectivity index (χ1n) is 5.82. The Morgan fingerprint density at radius 2 is 1.95 bits per heavy atom. The van der Waals surface area contributed by atoms with Crippen LogP contribution in [0.25, 0.3) is 0 Å². The van der Waals surface area contributed by atoms with E-state index < -0.39 is 16.1 Å². The molecule has 2 N–H and O–H groups in total. The van der Waals surface area contributed by atoms with E-state index in [9.17, 15) is 13.5 Å². The molecule has 2 aromatic rings. The Bertz CT molecular complexity index is 677. The molecule has 0 saturated heterocycles. The molecule has 1 heterocycles. The standard InChI is InChI=1S/C13H13ClN2O3S/c14-11-6-7-15-8-13(11)20(18,19)16-12(9-17)10-4-2-1-3-5-10/h1-8,12,16-17H,9H2/t12-/m1/s1. The smallest absolute Gasteiger partial charge is 0.244 e. The van der Waals surface area contributed by atoms with Crippen LogP contribution in [0.2, 0.25) is 5.02 Å². The number of hydrogen-bond donors (Lipinski definition) is 2. The Labute approximate surface area is 122 Å². The number of benzene rings is 1. The lowest BCUT2D eigenvalue weighted by Gasteiger charge is -2.17. The first-order valence-corrected chi connectivity index (χ1v) is 7.68. The third kappa shape index (κ3) is 3.34. The fraction of sp³-hybridized carbons (Fsp3) is 0.154. The van der Waals surface area contributed by atoms with Gasteiger partial charge in [-0.05, 0) is 11.6 Å². The summed E-state index contributed by atoms with van der Waals surface area (Å²) in [5.74, 6) is 0. The number of nitrogens with zero attached hydrogens (tertiary/aromatic N) is 1. The minimum atomic E-state index is -3.85. The van der Waals surface area contributed by atoms with E-state index in [1.807, 2.05) is 6.07 Å². The van der Waals surface area contributed by atoms with Crippen LogP contribution in [0.1, 0.15) is 11.6 Å². The minimum Gasteiger partial charge on any atom is -0.394 e. The zero-order valence-corrected chi connectivity index (χ0v) is 12.0. The summed E-state index contributed by atoms with van der Waals surface area (Å²) in [6.07, 6.45) is 2.58. The van der Waals surface area contributed by atoms with Gasteiger partial charge in [-0.3, -0.25) is 4.98 Å². The van der Waals surface area contributed by atoms with Crippen LogP contribution in [0.5, 0.6) is 0 Å². The van der Waals surface area contributed by atoms with Gasteiger partial charge in [0.25, 0.3) is 0 Å². The zero-order chi connectivity index (χ0) is 14.6. The van der Waals surface area contributed by atoms with Crippen molar-refractivity contribution < 1.29 is 13.5 Å². The largest absolute Gasteiger partial charge is 0.394 e. The van der Waals surface area contributed by atoms with Crippen LogP contribution in [-0.2, 0) is 10.0 Å². The number of pyridine rings is 1. The van der Waals surface area contributed by atoms with Gasteiger partial charge in [-0.2, -0.15) is 0 Å². The van der Waals surface area contributed by atoms with Crippen LogP contribution >= 0.6 is 11.6 Å². The van der Waals surface area contributed by atoms with Crippen LogP contribution in [0.4, 0.5) is 0 Å². The molecule has 0 aliphatic rings. The Morgan fingerprint density at radius 1 is 1.25 bits per heavy atom. The third-order valence-electron chi connectivity index (χ3n) is 2.71. The highest BCUT2D eigenvalue weighted by molar-refractivity contribution is 7.89. The number of aromatic nitrogens is 1. The molecule has 106 valence electrons. The fourth-order valence-corrected chi connectivity index (χ4v) is 3.35. The summed E-state index contributed by atoms with van der Waals surface area (Å²) in [7, 11) is -3.85. The summed E-state index contributed by atoms with van der Waals surface area (Å²) >= 11 is 5.86. The normalized spacial score (nSPS) is 13.1. The number of aliphatic hydroxyl groups is 1. The van der Waals surface area contributed by atoms with Crippen LogP contribution in [-0.4, -0.2) is 25.1 Å². The van der Waals surface area contributed by atoms with Crippen molar-refractivity contribution in [3.63, 3.8) is 0 Å². The Morgan fingerprint density at radius 3 is 2.55 bits per heavy atom. The molecule has 0 spiro atoms. The number of hydrogen-bond acceptors (Lipinski definition) is 4. The third-order valence-corrected chi connectivity index (χ3v) is 4.65. The molecule has 0 fully saturated rings. The lowest BCUT2D eigenvalue weighted by Crippen LogP contribution is -2.31. The molecule has 1 aromatic heterocycles. The molecule has 0 radical (unpaired) electrons. The molecular weight excluding hydrogens is 300 g/mol. The second kappa shape index (κ2) is 6.32. The highest BCUT2D eigenvalue weighted by Gasteiger charge is 2.23. The number of rotatable bonds is 5. The fourth-order valence-electron chi connectivity index (χ4n) is 1.71. The van der Waals surface area contributed by atoms with Gasteiger partial charge >= 0.3 is 0 Å². The van der Waals surface area contributed by atoms with E-state index in [0.717, 1.165) is 0 Å². The van der Waals surface area contributed by atoms with Gasteiger partial charge in [0.1, 0.15) is 4.90 Å². The van der Waals surface area contributed by atoms with E-state index in [2.05, 4.69) is 9.71 Å². The Hall–Kier alpha value is -1.47. The molecule has 20 heavy (non-hydrogen) atoms. The lowest BCUT2D eigenvalue weighted by atomic mass is 10.1. The van der Waals surface area contributed by atoms with E-state index >= 15 is 0 Å².